The molecular weight excluding hydrogens is 737 g/mol. The van der Waals surface area contributed by atoms with Crippen LogP contribution in [-0.2, 0) is 0 Å². The quantitative estimate of drug-likeness (QED) is 0.161. The summed E-state index contributed by atoms with van der Waals surface area (Å²) < 4.78 is 0. The summed E-state index contributed by atoms with van der Waals surface area (Å²) in [5, 5.41) is 4.82. The van der Waals surface area contributed by atoms with Gasteiger partial charge in [-0.25, -0.2) is 9.97 Å². The largest absolute Gasteiger partial charge is 0.228 e. The van der Waals surface area contributed by atoms with E-state index in [1.807, 2.05) is 24.3 Å². The van der Waals surface area contributed by atoms with Crippen molar-refractivity contribution in [1.82, 2.24) is 9.97 Å². The normalized spacial score (nSPS) is 13.5. The van der Waals surface area contributed by atoms with E-state index in [1.54, 1.807) is 0 Å². The van der Waals surface area contributed by atoms with Crippen molar-refractivity contribution in [1.29, 1.82) is 0 Å². The molecule has 0 radical (unpaired) electrons. The maximum atomic E-state index is 5.22. The lowest BCUT2D eigenvalue weighted by Crippen LogP contribution is -2.09. The molecule has 1 aliphatic rings. The van der Waals surface area contributed by atoms with Crippen molar-refractivity contribution in [3.8, 4) is 56.2 Å². The molecule has 11 rings (SSSR count). The van der Waals surface area contributed by atoms with Crippen LogP contribution in [0.4, 0.5) is 0 Å². The van der Waals surface area contributed by atoms with Gasteiger partial charge in [0, 0.05) is 22.6 Å². The summed E-state index contributed by atoms with van der Waals surface area (Å²) in [5.41, 5.74) is 16.9. The summed E-state index contributed by atoms with van der Waals surface area (Å²) in [7, 11) is 0. The molecule has 286 valence electrons. The smallest absolute Gasteiger partial charge is 0.160 e. The van der Waals surface area contributed by atoms with E-state index in [0.717, 1.165) is 39.0 Å². The first-order valence-electron chi connectivity index (χ1n) is 20.9. The van der Waals surface area contributed by atoms with Crippen molar-refractivity contribution < 1.29 is 0 Å². The van der Waals surface area contributed by atoms with Gasteiger partial charge in [-0.15, -0.1) is 0 Å². The van der Waals surface area contributed by atoms with E-state index >= 15 is 0 Å². The van der Waals surface area contributed by atoms with Crippen LogP contribution in [-0.4, -0.2) is 9.97 Å². The van der Waals surface area contributed by atoms with Gasteiger partial charge in [0.25, 0.3) is 0 Å². The summed E-state index contributed by atoms with van der Waals surface area (Å²) >= 11 is 0. The van der Waals surface area contributed by atoms with Crippen molar-refractivity contribution in [2.45, 2.75) is 5.92 Å². The minimum atomic E-state index is 0.0392. The van der Waals surface area contributed by atoms with Gasteiger partial charge in [-0.3, -0.25) is 0 Å². The Hall–Kier alpha value is -7.94. The molecule has 0 saturated heterocycles. The molecule has 0 amide bonds. The van der Waals surface area contributed by atoms with E-state index in [2.05, 4.69) is 200 Å². The van der Waals surface area contributed by atoms with Gasteiger partial charge in [0.1, 0.15) is 0 Å². The number of hydrogen-bond acceptors (Lipinski definition) is 2. The van der Waals surface area contributed by atoms with Gasteiger partial charge in [-0.05, 0) is 83.3 Å². The van der Waals surface area contributed by atoms with Crippen LogP contribution in [0.15, 0.2) is 231 Å². The Morgan fingerprint density at radius 2 is 0.869 bits per heavy atom. The van der Waals surface area contributed by atoms with Crippen molar-refractivity contribution in [3.63, 3.8) is 0 Å². The standard InChI is InChI=1S/C59H40N2/c1-39-48-34-33-43-19-11-12-22-50(43)58(48)55(42-17-7-3-8-18-42)37-54(39)45-29-27-44(28-30-45)49-35-36-53(52-24-14-13-23-51(49)52)57-38-56(60-59(61-57)47-20-9-4-10-21-47)46-31-25-41(26-32-46)40-15-5-2-6-16-40/h2-38,54H,1H2. The Morgan fingerprint density at radius 1 is 0.361 bits per heavy atom. The highest BCUT2D eigenvalue weighted by Gasteiger charge is 2.27. The lowest BCUT2D eigenvalue weighted by atomic mass is 9.75. The molecule has 1 aliphatic carbocycles. The maximum absolute atomic E-state index is 5.22. The molecule has 1 aromatic heterocycles. The lowest BCUT2D eigenvalue weighted by Gasteiger charge is -2.29. The summed E-state index contributed by atoms with van der Waals surface area (Å²) in [6, 6.07) is 77.7. The Balaban J connectivity index is 0.978. The highest BCUT2D eigenvalue weighted by Crippen LogP contribution is 2.47. The van der Waals surface area contributed by atoms with Gasteiger partial charge < -0.3 is 0 Å². The van der Waals surface area contributed by atoms with Gasteiger partial charge in [0.15, 0.2) is 5.82 Å². The average molecular weight is 777 g/mol. The molecule has 2 heteroatoms. The molecule has 1 heterocycles. The van der Waals surface area contributed by atoms with Gasteiger partial charge in [0.05, 0.1) is 11.4 Å². The predicted molar refractivity (Wildman–Crippen MR) is 256 cm³/mol. The van der Waals surface area contributed by atoms with Crippen LogP contribution in [0.25, 0.3) is 88.8 Å². The number of rotatable bonds is 7. The number of benzene rings is 9. The molecule has 0 fully saturated rings. The zero-order valence-corrected chi connectivity index (χ0v) is 33.5. The highest BCUT2D eigenvalue weighted by atomic mass is 14.9. The first kappa shape index (κ1) is 36.2. The van der Waals surface area contributed by atoms with E-state index in [1.165, 1.54) is 66.2 Å². The van der Waals surface area contributed by atoms with Crippen LogP contribution in [0, 0.1) is 0 Å². The summed E-state index contributed by atoms with van der Waals surface area (Å²) in [4.78, 5) is 10.3. The molecule has 0 bridgehead atoms. The van der Waals surface area contributed by atoms with E-state index in [-0.39, 0.29) is 5.92 Å². The monoisotopic (exact) mass is 776 g/mol. The van der Waals surface area contributed by atoms with Crippen LogP contribution in [0.1, 0.15) is 28.2 Å². The van der Waals surface area contributed by atoms with Gasteiger partial charge >= 0.3 is 0 Å². The second-order valence-electron chi connectivity index (χ2n) is 15.8. The number of aromatic nitrogens is 2. The number of fused-ring (bicyclic) bond motifs is 4. The molecule has 2 nitrogen and oxygen atoms in total. The Bertz CT molecular complexity index is 3270. The zero-order chi connectivity index (χ0) is 40.7. The van der Waals surface area contributed by atoms with Gasteiger partial charge in [-0.2, -0.15) is 0 Å². The van der Waals surface area contributed by atoms with E-state index in [9.17, 15) is 0 Å². The van der Waals surface area contributed by atoms with Crippen molar-refractivity contribution in [2.75, 3.05) is 0 Å². The van der Waals surface area contributed by atoms with Gasteiger partial charge in [0.2, 0.25) is 0 Å². The van der Waals surface area contributed by atoms with Crippen LogP contribution in [0.2, 0.25) is 0 Å². The van der Waals surface area contributed by atoms with Crippen molar-refractivity contribution in [3.05, 3.63) is 253 Å². The fraction of sp³-hybridized carbons (Fsp3) is 0.0169. The fourth-order valence-electron chi connectivity index (χ4n) is 9.06. The van der Waals surface area contributed by atoms with E-state index < -0.39 is 0 Å². The lowest BCUT2D eigenvalue weighted by molar-refractivity contribution is 1.09. The topological polar surface area (TPSA) is 25.8 Å². The minimum absolute atomic E-state index is 0.0392. The molecule has 0 aliphatic heterocycles. The molecule has 0 N–H and O–H groups in total. The maximum Gasteiger partial charge on any atom is 0.160 e. The highest BCUT2D eigenvalue weighted by molar-refractivity contribution is 6.06. The number of allylic oxidation sites excluding steroid dienone is 2. The molecule has 1 unspecified atom stereocenters. The van der Waals surface area contributed by atoms with Crippen LogP contribution in [0.3, 0.4) is 0 Å². The summed E-state index contributed by atoms with van der Waals surface area (Å²) in [6.07, 6.45) is 2.42. The third kappa shape index (κ3) is 6.65. The average Bonchev–Trinajstić information content (AvgIpc) is 3.34. The van der Waals surface area contributed by atoms with Crippen LogP contribution >= 0.6 is 0 Å². The van der Waals surface area contributed by atoms with Gasteiger partial charge in [-0.1, -0.05) is 225 Å². The summed E-state index contributed by atoms with van der Waals surface area (Å²) in [5.74, 6) is 0.742. The summed E-state index contributed by atoms with van der Waals surface area (Å²) in [6.45, 7) is 4.72. The number of hydrogen-bond donors (Lipinski definition) is 0. The SMILES string of the molecule is C=C1c2ccc3ccccc3c2C(c2ccccc2)=CC1c1ccc(-c2ccc(-c3cc(-c4ccc(-c5ccccc5)cc4)nc(-c4ccccc4)n3)c3ccccc23)cc1. The molecule has 0 spiro atoms. The molecule has 1 atom stereocenters. The second-order valence-corrected chi connectivity index (χ2v) is 15.8. The molecular formula is C59H40N2. The van der Waals surface area contributed by atoms with Crippen molar-refractivity contribution in [2.24, 2.45) is 0 Å². The Morgan fingerprint density at radius 3 is 1.57 bits per heavy atom. The first-order chi connectivity index (χ1) is 30.2. The van der Waals surface area contributed by atoms with E-state index in [4.69, 9.17) is 16.5 Å². The fourth-order valence-corrected chi connectivity index (χ4v) is 9.06. The minimum Gasteiger partial charge on any atom is -0.228 e. The van der Waals surface area contributed by atoms with Crippen LogP contribution in [0.5, 0.6) is 0 Å². The third-order valence-corrected chi connectivity index (χ3v) is 12.2. The van der Waals surface area contributed by atoms with Crippen LogP contribution < -0.4 is 0 Å². The number of nitrogens with zero attached hydrogens (tertiary/aromatic N) is 2. The molecule has 9 aromatic carbocycles. The third-order valence-electron chi connectivity index (χ3n) is 12.2. The Kier molecular flexibility index (Phi) is 9.09. The molecule has 10 aromatic rings. The Labute approximate surface area is 356 Å². The molecule has 61 heavy (non-hydrogen) atoms. The zero-order valence-electron chi connectivity index (χ0n) is 33.5. The first-order valence-corrected chi connectivity index (χ1v) is 20.9. The predicted octanol–water partition coefficient (Wildman–Crippen LogP) is 15.4. The second kappa shape index (κ2) is 15.3. The van der Waals surface area contributed by atoms with Crippen molar-refractivity contribution >= 4 is 32.7 Å². The van der Waals surface area contributed by atoms with E-state index in [0.29, 0.717) is 5.82 Å². The molecule has 0 saturated carbocycles.